The second kappa shape index (κ2) is 7.84. The van der Waals surface area contributed by atoms with Crippen LogP contribution in [-0.4, -0.2) is 28.6 Å². The van der Waals surface area contributed by atoms with E-state index >= 15 is 0 Å². The molecule has 0 spiro atoms. The highest BCUT2D eigenvalue weighted by molar-refractivity contribution is 7.09. The minimum Gasteiger partial charge on any atom is -0.481 e. The van der Waals surface area contributed by atoms with Crippen LogP contribution in [0.1, 0.15) is 31.0 Å². The van der Waals surface area contributed by atoms with Crippen LogP contribution in [0.15, 0.2) is 5.38 Å². The Kier molecular flexibility index (Phi) is 6.44. The molecule has 1 unspecified atom stereocenters. The van der Waals surface area contributed by atoms with E-state index in [9.17, 15) is 9.59 Å². The number of aliphatic carboxylic acids is 1. The molecule has 0 aliphatic rings. The fraction of sp³-hybridized carbons (Fsp3) is 0.615. The molecule has 112 valence electrons. The van der Waals surface area contributed by atoms with Gasteiger partial charge in [0.2, 0.25) is 0 Å². The van der Waals surface area contributed by atoms with Crippen LogP contribution in [0, 0.1) is 18.8 Å². The van der Waals surface area contributed by atoms with E-state index in [4.69, 9.17) is 5.11 Å². The highest BCUT2D eigenvalue weighted by Crippen LogP contribution is 2.11. The van der Waals surface area contributed by atoms with Gasteiger partial charge in [0.15, 0.2) is 0 Å². The summed E-state index contributed by atoms with van der Waals surface area (Å²) < 4.78 is 0. The van der Waals surface area contributed by atoms with Crippen molar-refractivity contribution in [2.75, 3.05) is 6.54 Å². The predicted octanol–water partition coefficient (Wildman–Crippen LogP) is 2.00. The van der Waals surface area contributed by atoms with Crippen molar-refractivity contribution < 1.29 is 14.7 Å². The molecule has 1 aromatic rings. The van der Waals surface area contributed by atoms with Crippen molar-refractivity contribution >= 4 is 23.3 Å². The SMILES string of the molecule is Cc1nc(CNC(=O)NCC(CC(C)C)C(=O)O)cs1. The van der Waals surface area contributed by atoms with Crippen LogP contribution in [0.5, 0.6) is 0 Å². The van der Waals surface area contributed by atoms with E-state index in [0.717, 1.165) is 10.7 Å². The monoisotopic (exact) mass is 299 g/mol. The number of carboxylic acids is 1. The Morgan fingerprint density at radius 1 is 1.40 bits per heavy atom. The fourth-order valence-electron chi connectivity index (χ4n) is 1.78. The number of nitrogens with zero attached hydrogens (tertiary/aromatic N) is 1. The summed E-state index contributed by atoms with van der Waals surface area (Å²) in [7, 11) is 0. The van der Waals surface area contributed by atoms with Crippen molar-refractivity contribution in [3.63, 3.8) is 0 Å². The molecular weight excluding hydrogens is 278 g/mol. The quantitative estimate of drug-likeness (QED) is 0.718. The minimum absolute atomic E-state index is 0.134. The normalized spacial score (nSPS) is 12.2. The Balaban J connectivity index is 2.32. The maximum Gasteiger partial charge on any atom is 0.315 e. The molecule has 0 saturated heterocycles. The molecule has 0 aliphatic carbocycles. The van der Waals surface area contributed by atoms with Crippen molar-refractivity contribution in [1.29, 1.82) is 0 Å². The zero-order valence-corrected chi connectivity index (χ0v) is 12.8. The van der Waals surface area contributed by atoms with E-state index in [1.807, 2.05) is 26.2 Å². The van der Waals surface area contributed by atoms with Crippen molar-refractivity contribution in [3.05, 3.63) is 16.1 Å². The zero-order chi connectivity index (χ0) is 15.1. The number of aromatic nitrogens is 1. The van der Waals surface area contributed by atoms with E-state index in [-0.39, 0.29) is 18.5 Å². The number of urea groups is 1. The first-order chi connectivity index (χ1) is 9.38. The van der Waals surface area contributed by atoms with Crippen LogP contribution in [0.25, 0.3) is 0 Å². The number of rotatable bonds is 7. The smallest absolute Gasteiger partial charge is 0.315 e. The number of carboxylic acid groups (broad SMARTS) is 1. The van der Waals surface area contributed by atoms with E-state index in [0.29, 0.717) is 13.0 Å². The molecule has 0 bridgehead atoms. The molecule has 1 rings (SSSR count). The molecule has 0 saturated carbocycles. The van der Waals surface area contributed by atoms with Gasteiger partial charge in [0, 0.05) is 11.9 Å². The van der Waals surface area contributed by atoms with Crippen LogP contribution in [-0.2, 0) is 11.3 Å². The molecule has 0 aromatic carbocycles. The van der Waals surface area contributed by atoms with Gasteiger partial charge in [-0.2, -0.15) is 0 Å². The fourth-order valence-corrected chi connectivity index (χ4v) is 2.39. The molecule has 7 heteroatoms. The number of carbonyl (C=O) groups is 2. The van der Waals surface area contributed by atoms with Gasteiger partial charge in [0.05, 0.1) is 23.2 Å². The molecule has 0 radical (unpaired) electrons. The van der Waals surface area contributed by atoms with Gasteiger partial charge in [-0.25, -0.2) is 9.78 Å². The minimum atomic E-state index is -0.880. The van der Waals surface area contributed by atoms with Gasteiger partial charge in [-0.3, -0.25) is 4.79 Å². The van der Waals surface area contributed by atoms with Crippen LogP contribution in [0.2, 0.25) is 0 Å². The zero-order valence-electron chi connectivity index (χ0n) is 12.0. The topological polar surface area (TPSA) is 91.3 Å². The Hall–Kier alpha value is -1.63. The molecule has 0 fully saturated rings. The van der Waals surface area contributed by atoms with E-state index in [2.05, 4.69) is 15.6 Å². The summed E-state index contributed by atoms with van der Waals surface area (Å²) in [6, 6.07) is -0.370. The number of carbonyl (C=O) groups excluding carboxylic acids is 1. The van der Waals surface area contributed by atoms with Crippen LogP contribution in [0.4, 0.5) is 4.79 Å². The molecule has 6 nitrogen and oxygen atoms in total. The third-order valence-corrected chi connectivity index (χ3v) is 3.53. The lowest BCUT2D eigenvalue weighted by Gasteiger charge is -2.15. The van der Waals surface area contributed by atoms with Gasteiger partial charge in [0.1, 0.15) is 0 Å². The lowest BCUT2D eigenvalue weighted by molar-refractivity contribution is -0.142. The summed E-state index contributed by atoms with van der Waals surface area (Å²) in [5.41, 5.74) is 0.805. The number of hydrogen-bond donors (Lipinski definition) is 3. The average Bonchev–Trinajstić information content (AvgIpc) is 2.77. The average molecular weight is 299 g/mol. The number of amides is 2. The lowest BCUT2D eigenvalue weighted by atomic mass is 9.97. The van der Waals surface area contributed by atoms with E-state index in [1.165, 1.54) is 11.3 Å². The van der Waals surface area contributed by atoms with Gasteiger partial charge >= 0.3 is 12.0 Å². The van der Waals surface area contributed by atoms with Crippen molar-refractivity contribution in [3.8, 4) is 0 Å². The Morgan fingerprint density at radius 2 is 2.10 bits per heavy atom. The summed E-state index contributed by atoms with van der Waals surface area (Å²) >= 11 is 1.52. The van der Waals surface area contributed by atoms with Gasteiger partial charge in [-0.15, -0.1) is 11.3 Å². The van der Waals surface area contributed by atoms with Crippen LogP contribution < -0.4 is 10.6 Å². The van der Waals surface area contributed by atoms with Gasteiger partial charge < -0.3 is 15.7 Å². The summed E-state index contributed by atoms with van der Waals surface area (Å²) in [5, 5.41) is 17.2. The first-order valence-corrected chi connectivity index (χ1v) is 7.42. The van der Waals surface area contributed by atoms with Gasteiger partial charge in [-0.05, 0) is 19.3 Å². The Morgan fingerprint density at radius 3 is 2.60 bits per heavy atom. The maximum absolute atomic E-state index is 11.6. The van der Waals surface area contributed by atoms with Crippen LogP contribution >= 0.6 is 11.3 Å². The molecule has 2 amide bonds. The number of hydrogen-bond acceptors (Lipinski definition) is 4. The highest BCUT2D eigenvalue weighted by Gasteiger charge is 2.19. The first-order valence-electron chi connectivity index (χ1n) is 6.54. The number of aryl methyl sites for hydroxylation is 1. The van der Waals surface area contributed by atoms with Crippen molar-refractivity contribution in [2.45, 2.75) is 33.7 Å². The van der Waals surface area contributed by atoms with Crippen molar-refractivity contribution in [1.82, 2.24) is 15.6 Å². The summed E-state index contributed by atoms with van der Waals surface area (Å²) in [4.78, 5) is 26.9. The second-order valence-electron chi connectivity index (χ2n) is 5.09. The largest absolute Gasteiger partial charge is 0.481 e. The van der Waals surface area contributed by atoms with Gasteiger partial charge in [-0.1, -0.05) is 13.8 Å². The lowest BCUT2D eigenvalue weighted by Crippen LogP contribution is -2.40. The summed E-state index contributed by atoms with van der Waals surface area (Å²) in [6.45, 7) is 6.30. The molecule has 1 heterocycles. The molecular formula is C13H21N3O3S. The third kappa shape index (κ3) is 6.01. The summed E-state index contributed by atoms with van der Waals surface area (Å²) in [5.74, 6) is -1.16. The third-order valence-electron chi connectivity index (χ3n) is 2.71. The predicted molar refractivity (Wildman–Crippen MR) is 77.7 cm³/mol. The van der Waals surface area contributed by atoms with E-state index < -0.39 is 11.9 Å². The number of nitrogens with one attached hydrogen (secondary N) is 2. The summed E-state index contributed by atoms with van der Waals surface area (Å²) in [6.07, 6.45) is 0.543. The Bertz CT molecular complexity index is 459. The first kappa shape index (κ1) is 16.4. The van der Waals surface area contributed by atoms with Crippen molar-refractivity contribution in [2.24, 2.45) is 11.8 Å². The molecule has 3 N–H and O–H groups in total. The molecule has 20 heavy (non-hydrogen) atoms. The molecule has 1 atom stereocenters. The maximum atomic E-state index is 11.6. The van der Waals surface area contributed by atoms with Gasteiger partial charge in [0.25, 0.3) is 0 Å². The van der Waals surface area contributed by atoms with E-state index in [1.54, 1.807) is 0 Å². The molecule has 0 aliphatic heterocycles. The Labute approximate surface area is 122 Å². The molecule has 1 aromatic heterocycles. The highest BCUT2D eigenvalue weighted by atomic mass is 32.1. The number of thiazole rings is 1. The standard InChI is InChI=1S/C13H21N3O3S/c1-8(2)4-10(12(17)18)5-14-13(19)15-6-11-7-20-9(3)16-11/h7-8,10H,4-6H2,1-3H3,(H,17,18)(H2,14,15,19). The van der Waals surface area contributed by atoms with Crippen LogP contribution in [0.3, 0.4) is 0 Å². The second-order valence-corrected chi connectivity index (χ2v) is 6.15.